The number of alkyl halides is 1. The second-order valence-corrected chi connectivity index (χ2v) is 6.47. The largest absolute Gasteiger partial charge is 0.485 e. The number of rotatable bonds is 4. The number of nitrogens with one attached hydrogen (secondary N) is 1. The summed E-state index contributed by atoms with van der Waals surface area (Å²) < 4.78 is 15.6. The lowest BCUT2D eigenvalue weighted by Crippen LogP contribution is -2.53. The molecule has 0 aliphatic carbocycles. The second-order valence-electron chi connectivity index (χ2n) is 6.09. The molecule has 2 unspecified atom stereocenters. The van der Waals surface area contributed by atoms with Crippen molar-refractivity contribution >= 4 is 28.7 Å². The lowest BCUT2D eigenvalue weighted by atomic mass is 9.86. The van der Waals surface area contributed by atoms with E-state index in [2.05, 4.69) is 15.6 Å². The first-order valence-corrected chi connectivity index (χ1v) is 8.08. The predicted molar refractivity (Wildman–Crippen MR) is 85.1 cm³/mol. The van der Waals surface area contributed by atoms with Gasteiger partial charge in [-0.25, -0.2) is 9.42 Å². The van der Waals surface area contributed by atoms with Crippen LogP contribution in [0.25, 0.3) is 11.0 Å². The highest BCUT2D eigenvalue weighted by atomic mass is 35.5. The molecule has 1 aromatic carbocycles. The third kappa shape index (κ3) is 3.11. The quantitative estimate of drug-likeness (QED) is 0.639. The van der Waals surface area contributed by atoms with Crippen LogP contribution < -0.4 is 10.1 Å². The van der Waals surface area contributed by atoms with Gasteiger partial charge in [0.25, 0.3) is 0 Å². The van der Waals surface area contributed by atoms with Crippen molar-refractivity contribution in [3.8, 4) is 5.75 Å². The third-order valence-corrected chi connectivity index (χ3v) is 4.17. The third-order valence-electron chi connectivity index (χ3n) is 3.91. The van der Waals surface area contributed by atoms with Crippen LogP contribution in [0.5, 0.6) is 5.75 Å². The molecule has 1 aliphatic heterocycles. The Morgan fingerprint density at radius 2 is 2.12 bits per heavy atom. The molecule has 3 rings (SSSR count). The molecule has 24 heavy (non-hydrogen) atoms. The normalized spacial score (nSPS) is 21.8. The molecule has 8 nitrogen and oxygen atoms in total. The van der Waals surface area contributed by atoms with E-state index in [0.29, 0.717) is 34.6 Å². The maximum absolute atomic E-state index is 12.0. The number of halogens is 1. The SMILES string of the molecule is CC1(C)Oc2cc3nonc3cc2C(NC(=O)OCCCCl)C1O. The summed E-state index contributed by atoms with van der Waals surface area (Å²) in [6.07, 6.45) is -1.06. The first kappa shape index (κ1) is 16.8. The number of amides is 1. The molecule has 0 bridgehead atoms. The van der Waals surface area contributed by atoms with Crippen molar-refractivity contribution in [1.82, 2.24) is 15.6 Å². The summed E-state index contributed by atoms with van der Waals surface area (Å²) in [4.78, 5) is 12.0. The van der Waals surface area contributed by atoms with Gasteiger partial charge in [-0.3, -0.25) is 0 Å². The van der Waals surface area contributed by atoms with Gasteiger partial charge in [-0.15, -0.1) is 11.6 Å². The number of aliphatic hydroxyl groups excluding tert-OH is 1. The van der Waals surface area contributed by atoms with E-state index in [0.717, 1.165) is 0 Å². The monoisotopic (exact) mass is 355 g/mol. The maximum Gasteiger partial charge on any atom is 0.407 e. The molecule has 0 fully saturated rings. The Labute approximate surface area is 143 Å². The Bertz CT molecular complexity index is 748. The maximum atomic E-state index is 12.0. The first-order chi connectivity index (χ1) is 11.4. The van der Waals surface area contributed by atoms with Crippen LogP contribution in [0, 0.1) is 0 Å². The summed E-state index contributed by atoms with van der Waals surface area (Å²) in [5.41, 5.74) is 0.710. The minimum absolute atomic E-state index is 0.205. The van der Waals surface area contributed by atoms with Gasteiger partial charge in [0.15, 0.2) is 0 Å². The average Bonchev–Trinajstić information content (AvgIpc) is 2.97. The molecule has 1 aliphatic rings. The summed E-state index contributed by atoms with van der Waals surface area (Å²) in [5, 5.41) is 20.9. The van der Waals surface area contributed by atoms with Gasteiger partial charge in [-0.2, -0.15) is 0 Å². The molecule has 130 valence electrons. The Kier molecular flexibility index (Phi) is 4.51. The van der Waals surface area contributed by atoms with Gasteiger partial charge in [0.05, 0.1) is 12.6 Å². The lowest BCUT2D eigenvalue weighted by Gasteiger charge is -2.41. The molecule has 1 amide bonds. The van der Waals surface area contributed by atoms with Crippen LogP contribution in [0.15, 0.2) is 16.8 Å². The zero-order valence-electron chi connectivity index (χ0n) is 13.3. The van der Waals surface area contributed by atoms with Crippen molar-refractivity contribution in [2.45, 2.75) is 38.0 Å². The minimum Gasteiger partial charge on any atom is -0.485 e. The van der Waals surface area contributed by atoms with E-state index in [-0.39, 0.29) is 6.61 Å². The van der Waals surface area contributed by atoms with Gasteiger partial charge in [0.1, 0.15) is 28.5 Å². The average molecular weight is 356 g/mol. The van der Waals surface area contributed by atoms with E-state index < -0.39 is 23.8 Å². The van der Waals surface area contributed by atoms with Crippen molar-refractivity contribution < 1.29 is 24.0 Å². The molecule has 2 aromatic rings. The summed E-state index contributed by atoms with van der Waals surface area (Å²) in [7, 11) is 0. The van der Waals surface area contributed by atoms with Crippen molar-refractivity contribution in [2.75, 3.05) is 12.5 Å². The zero-order chi connectivity index (χ0) is 17.3. The van der Waals surface area contributed by atoms with Crippen LogP contribution in [0.4, 0.5) is 4.79 Å². The summed E-state index contributed by atoms with van der Waals surface area (Å²) >= 11 is 5.56. The standard InChI is InChI=1S/C15H18ClN3O5/c1-15(2)13(20)12(17-14(21)22-5-3-4-16)8-6-9-10(19-24-18-9)7-11(8)23-15/h6-7,12-13,20H,3-5H2,1-2H3,(H,17,21). The fourth-order valence-corrected chi connectivity index (χ4v) is 2.73. The number of carbonyl (C=O) groups excluding carboxylic acids is 1. The minimum atomic E-state index is -0.983. The van der Waals surface area contributed by atoms with Gasteiger partial charge in [-0.1, -0.05) is 0 Å². The molecule has 1 aromatic heterocycles. The molecule has 2 heterocycles. The number of hydrogen-bond acceptors (Lipinski definition) is 7. The summed E-state index contributed by atoms with van der Waals surface area (Å²) in [6.45, 7) is 3.68. The van der Waals surface area contributed by atoms with Crippen molar-refractivity contribution in [3.63, 3.8) is 0 Å². The van der Waals surface area contributed by atoms with Crippen LogP contribution in [0.2, 0.25) is 0 Å². The first-order valence-electron chi connectivity index (χ1n) is 7.55. The smallest absolute Gasteiger partial charge is 0.407 e. The van der Waals surface area contributed by atoms with Gasteiger partial charge in [0, 0.05) is 17.5 Å². The number of ether oxygens (including phenoxy) is 2. The highest BCUT2D eigenvalue weighted by Crippen LogP contribution is 2.41. The van der Waals surface area contributed by atoms with Gasteiger partial charge < -0.3 is 19.9 Å². The molecule has 2 N–H and O–H groups in total. The Hall–Kier alpha value is -2.06. The fourth-order valence-electron chi connectivity index (χ4n) is 2.62. The van der Waals surface area contributed by atoms with E-state index in [9.17, 15) is 9.90 Å². The van der Waals surface area contributed by atoms with E-state index in [1.807, 2.05) is 0 Å². The molecule has 0 radical (unpaired) electrons. The van der Waals surface area contributed by atoms with Crippen LogP contribution in [0.3, 0.4) is 0 Å². The molecule has 9 heteroatoms. The molecular formula is C15H18ClN3O5. The van der Waals surface area contributed by atoms with Crippen LogP contribution in [-0.2, 0) is 4.74 Å². The van der Waals surface area contributed by atoms with Gasteiger partial charge in [0.2, 0.25) is 0 Å². The molecule has 0 saturated heterocycles. The number of aromatic nitrogens is 2. The van der Waals surface area contributed by atoms with Crippen molar-refractivity contribution in [2.24, 2.45) is 0 Å². The van der Waals surface area contributed by atoms with Crippen LogP contribution >= 0.6 is 11.6 Å². The van der Waals surface area contributed by atoms with Crippen molar-refractivity contribution in [3.05, 3.63) is 17.7 Å². The molecule has 0 spiro atoms. The lowest BCUT2D eigenvalue weighted by molar-refractivity contribution is -0.0635. The van der Waals surface area contributed by atoms with Crippen LogP contribution in [0.1, 0.15) is 31.9 Å². The Morgan fingerprint density at radius 3 is 2.83 bits per heavy atom. The van der Waals surface area contributed by atoms with E-state index in [1.165, 1.54) is 0 Å². The molecular weight excluding hydrogens is 338 g/mol. The molecule has 2 atom stereocenters. The second kappa shape index (κ2) is 6.45. The van der Waals surface area contributed by atoms with Gasteiger partial charge >= 0.3 is 6.09 Å². The zero-order valence-corrected chi connectivity index (χ0v) is 14.0. The summed E-state index contributed by atoms with van der Waals surface area (Å²) in [6, 6.07) is 2.62. The van der Waals surface area contributed by atoms with Crippen LogP contribution in [-0.4, -0.2) is 45.7 Å². The van der Waals surface area contributed by atoms with Crippen molar-refractivity contribution in [1.29, 1.82) is 0 Å². The highest BCUT2D eigenvalue weighted by molar-refractivity contribution is 6.17. The topological polar surface area (TPSA) is 107 Å². The summed E-state index contributed by atoms with van der Waals surface area (Å²) in [5.74, 6) is 0.903. The fraction of sp³-hybridized carbons (Fsp3) is 0.533. The predicted octanol–water partition coefficient (Wildman–Crippen LogP) is 2.15. The van der Waals surface area contributed by atoms with E-state index in [1.54, 1.807) is 26.0 Å². The molecule has 0 saturated carbocycles. The number of benzene rings is 1. The number of aliphatic hydroxyl groups is 1. The van der Waals surface area contributed by atoms with E-state index in [4.69, 9.17) is 25.7 Å². The number of fused-ring (bicyclic) bond motifs is 2. The highest BCUT2D eigenvalue weighted by Gasteiger charge is 2.44. The van der Waals surface area contributed by atoms with E-state index >= 15 is 0 Å². The Balaban J connectivity index is 1.90. The number of nitrogens with zero attached hydrogens (tertiary/aromatic N) is 2. The number of hydrogen-bond donors (Lipinski definition) is 2. The van der Waals surface area contributed by atoms with Gasteiger partial charge in [-0.05, 0) is 36.6 Å². The number of alkyl carbamates (subject to hydrolysis) is 1. The Morgan fingerprint density at radius 1 is 1.42 bits per heavy atom. The number of carbonyl (C=O) groups is 1.